The summed E-state index contributed by atoms with van der Waals surface area (Å²) in [6, 6.07) is 16.2. The Hall–Kier alpha value is -3.45. The molecule has 2 N–H and O–H groups in total. The Morgan fingerprint density at radius 2 is 1.90 bits per heavy atom. The van der Waals surface area contributed by atoms with Crippen molar-refractivity contribution in [3.8, 4) is 5.75 Å². The molecule has 1 aliphatic heterocycles. The van der Waals surface area contributed by atoms with E-state index in [4.69, 9.17) is 9.47 Å². The minimum Gasteiger partial charge on any atom is -0.491 e. The van der Waals surface area contributed by atoms with Gasteiger partial charge in [-0.25, -0.2) is 9.97 Å². The first kappa shape index (κ1) is 18.9. The fraction of sp³-hybridized carbons (Fsp3) is 0.227. The van der Waals surface area contributed by atoms with Crippen LogP contribution < -0.4 is 15.4 Å². The minimum atomic E-state index is -0.198. The van der Waals surface area contributed by atoms with E-state index in [-0.39, 0.29) is 12.0 Å². The summed E-state index contributed by atoms with van der Waals surface area (Å²) < 4.78 is 11.3. The van der Waals surface area contributed by atoms with Crippen LogP contribution in [-0.2, 0) is 4.74 Å². The second-order valence-electron chi connectivity index (χ2n) is 6.70. The average Bonchev–Trinajstić information content (AvgIpc) is 3.28. The van der Waals surface area contributed by atoms with E-state index in [2.05, 4.69) is 20.6 Å². The number of aromatic nitrogens is 2. The van der Waals surface area contributed by atoms with Crippen LogP contribution in [0.2, 0.25) is 0 Å². The van der Waals surface area contributed by atoms with Gasteiger partial charge < -0.3 is 20.1 Å². The summed E-state index contributed by atoms with van der Waals surface area (Å²) in [6.45, 7) is 1.37. The van der Waals surface area contributed by atoms with Gasteiger partial charge in [0.15, 0.2) is 0 Å². The van der Waals surface area contributed by atoms with Crippen LogP contribution in [-0.4, -0.2) is 35.2 Å². The van der Waals surface area contributed by atoms with Gasteiger partial charge in [0.05, 0.1) is 6.10 Å². The summed E-state index contributed by atoms with van der Waals surface area (Å²) in [7, 11) is 0. The van der Waals surface area contributed by atoms with Gasteiger partial charge in [-0.1, -0.05) is 6.07 Å². The summed E-state index contributed by atoms with van der Waals surface area (Å²) in [4.78, 5) is 20.8. The maximum absolute atomic E-state index is 12.6. The standard InChI is InChI=1S/C22H22N4O3/c27-21(16-4-1-5-18(14-16)26-22-23-11-3-12-24-22)25-17-7-9-19(10-8-17)29-15-20-6-2-13-28-20/h1,3-5,7-12,14,20H,2,6,13,15H2,(H,25,27)(H,23,24,26). The molecule has 1 amide bonds. The topological polar surface area (TPSA) is 85.4 Å². The molecule has 29 heavy (non-hydrogen) atoms. The van der Waals surface area contributed by atoms with Crippen LogP contribution in [0.4, 0.5) is 17.3 Å². The normalized spacial score (nSPS) is 15.7. The molecule has 7 heteroatoms. The highest BCUT2D eigenvalue weighted by Gasteiger charge is 2.16. The van der Waals surface area contributed by atoms with E-state index in [0.717, 1.165) is 30.9 Å². The van der Waals surface area contributed by atoms with Crippen LogP contribution in [0, 0.1) is 0 Å². The van der Waals surface area contributed by atoms with Gasteiger partial charge in [0.2, 0.25) is 5.95 Å². The van der Waals surface area contributed by atoms with Gasteiger partial charge >= 0.3 is 0 Å². The number of carbonyl (C=O) groups is 1. The van der Waals surface area contributed by atoms with Crippen LogP contribution in [0.5, 0.6) is 5.75 Å². The zero-order chi connectivity index (χ0) is 19.9. The van der Waals surface area contributed by atoms with Gasteiger partial charge in [-0.15, -0.1) is 0 Å². The summed E-state index contributed by atoms with van der Waals surface area (Å²) in [5.74, 6) is 1.03. The third-order valence-corrected chi connectivity index (χ3v) is 4.52. The van der Waals surface area contributed by atoms with Gasteiger partial charge in [-0.3, -0.25) is 4.79 Å². The largest absolute Gasteiger partial charge is 0.491 e. The van der Waals surface area contributed by atoms with Crippen LogP contribution in [0.25, 0.3) is 0 Å². The molecule has 0 radical (unpaired) electrons. The summed E-state index contributed by atoms with van der Waals surface area (Å²) in [5.41, 5.74) is 1.97. The molecule has 0 saturated carbocycles. The molecule has 0 aliphatic carbocycles. The zero-order valence-electron chi connectivity index (χ0n) is 15.9. The maximum Gasteiger partial charge on any atom is 0.255 e. The molecule has 0 spiro atoms. The molecule has 1 atom stereocenters. The lowest BCUT2D eigenvalue weighted by molar-refractivity contribution is 0.0679. The number of nitrogens with one attached hydrogen (secondary N) is 2. The predicted molar refractivity (Wildman–Crippen MR) is 111 cm³/mol. The third-order valence-electron chi connectivity index (χ3n) is 4.52. The summed E-state index contributed by atoms with van der Waals surface area (Å²) >= 11 is 0. The minimum absolute atomic E-state index is 0.177. The number of benzene rings is 2. The molecule has 3 aromatic rings. The van der Waals surface area contributed by atoms with E-state index in [9.17, 15) is 4.79 Å². The Morgan fingerprint density at radius 3 is 2.66 bits per heavy atom. The Bertz CT molecular complexity index is 942. The monoisotopic (exact) mass is 390 g/mol. The van der Waals surface area contributed by atoms with Crippen molar-refractivity contribution in [2.24, 2.45) is 0 Å². The van der Waals surface area contributed by atoms with Crippen LogP contribution in [0.15, 0.2) is 67.0 Å². The first-order valence-corrected chi connectivity index (χ1v) is 9.56. The highest BCUT2D eigenvalue weighted by molar-refractivity contribution is 6.04. The number of anilines is 3. The van der Waals surface area contributed by atoms with E-state index >= 15 is 0 Å². The quantitative estimate of drug-likeness (QED) is 0.634. The number of ether oxygens (including phenoxy) is 2. The number of nitrogens with zero attached hydrogens (tertiary/aromatic N) is 2. The Balaban J connectivity index is 1.34. The van der Waals surface area contributed by atoms with Crippen molar-refractivity contribution in [1.29, 1.82) is 0 Å². The van der Waals surface area contributed by atoms with Crippen molar-refractivity contribution in [2.75, 3.05) is 23.8 Å². The van der Waals surface area contributed by atoms with Crippen molar-refractivity contribution < 1.29 is 14.3 Å². The lowest BCUT2D eigenvalue weighted by atomic mass is 10.2. The van der Waals surface area contributed by atoms with Crippen molar-refractivity contribution in [1.82, 2.24) is 9.97 Å². The smallest absolute Gasteiger partial charge is 0.255 e. The van der Waals surface area contributed by atoms with E-state index in [1.807, 2.05) is 36.4 Å². The highest BCUT2D eigenvalue weighted by atomic mass is 16.5. The number of hydrogen-bond donors (Lipinski definition) is 2. The number of carbonyl (C=O) groups excluding carboxylic acids is 1. The molecule has 1 aromatic heterocycles. The molecule has 1 saturated heterocycles. The Labute approximate surface area is 169 Å². The van der Waals surface area contributed by atoms with Crippen molar-refractivity contribution in [3.63, 3.8) is 0 Å². The molecule has 2 heterocycles. The molecule has 4 rings (SSSR count). The van der Waals surface area contributed by atoms with Crippen molar-refractivity contribution >= 4 is 23.2 Å². The SMILES string of the molecule is O=C(Nc1ccc(OCC2CCCO2)cc1)c1cccc(Nc2ncccn2)c1. The molecule has 1 unspecified atom stereocenters. The zero-order valence-corrected chi connectivity index (χ0v) is 15.9. The van der Waals surface area contributed by atoms with Gasteiger partial charge in [0.25, 0.3) is 5.91 Å². The molecular formula is C22H22N4O3. The van der Waals surface area contributed by atoms with Gasteiger partial charge in [-0.05, 0) is 61.4 Å². The second kappa shape index (κ2) is 9.16. The van der Waals surface area contributed by atoms with Gasteiger partial charge in [-0.2, -0.15) is 0 Å². The number of hydrogen-bond acceptors (Lipinski definition) is 6. The molecular weight excluding hydrogens is 368 g/mol. The highest BCUT2D eigenvalue weighted by Crippen LogP contribution is 2.20. The maximum atomic E-state index is 12.6. The van der Waals surface area contributed by atoms with Crippen molar-refractivity contribution in [2.45, 2.75) is 18.9 Å². The van der Waals surface area contributed by atoms with E-state index in [1.165, 1.54) is 0 Å². The molecule has 2 aromatic carbocycles. The lowest BCUT2D eigenvalue weighted by Gasteiger charge is -2.12. The lowest BCUT2D eigenvalue weighted by Crippen LogP contribution is -2.16. The first-order chi connectivity index (χ1) is 14.3. The van der Waals surface area contributed by atoms with E-state index in [1.54, 1.807) is 30.6 Å². The van der Waals surface area contributed by atoms with E-state index in [0.29, 0.717) is 23.8 Å². The molecule has 1 aliphatic rings. The number of rotatable bonds is 7. The van der Waals surface area contributed by atoms with Crippen molar-refractivity contribution in [3.05, 3.63) is 72.6 Å². The van der Waals surface area contributed by atoms with Gasteiger partial charge in [0.1, 0.15) is 12.4 Å². The third kappa shape index (κ3) is 5.30. The Kier molecular flexibility index (Phi) is 5.97. The molecule has 0 bridgehead atoms. The summed E-state index contributed by atoms with van der Waals surface area (Å²) in [5, 5.41) is 5.97. The number of amides is 1. The molecule has 7 nitrogen and oxygen atoms in total. The van der Waals surface area contributed by atoms with Gasteiger partial charge in [0, 0.05) is 35.9 Å². The van der Waals surface area contributed by atoms with Crippen LogP contribution in [0.3, 0.4) is 0 Å². The van der Waals surface area contributed by atoms with E-state index < -0.39 is 0 Å². The average molecular weight is 390 g/mol. The van der Waals surface area contributed by atoms with Crippen LogP contribution >= 0.6 is 0 Å². The second-order valence-corrected chi connectivity index (χ2v) is 6.70. The first-order valence-electron chi connectivity index (χ1n) is 9.56. The summed E-state index contributed by atoms with van der Waals surface area (Å²) in [6.07, 6.45) is 5.61. The fourth-order valence-corrected chi connectivity index (χ4v) is 3.03. The van der Waals surface area contributed by atoms with Crippen LogP contribution in [0.1, 0.15) is 23.2 Å². The Morgan fingerprint density at radius 1 is 1.07 bits per heavy atom. The fourth-order valence-electron chi connectivity index (χ4n) is 3.03. The molecule has 1 fully saturated rings. The molecule has 148 valence electrons. The predicted octanol–water partition coefficient (Wildman–Crippen LogP) is 4.03.